The lowest BCUT2D eigenvalue weighted by Crippen LogP contribution is -2.21. The smallest absolute Gasteiger partial charge is 0.317 e. The monoisotopic (exact) mass is 344 g/mol. The first-order chi connectivity index (χ1) is 11.0. The fraction of sp³-hybridized carbons (Fsp3) is 0. The Balaban J connectivity index is 1.95. The minimum absolute atomic E-state index is 0.243. The predicted molar refractivity (Wildman–Crippen MR) is 92.6 cm³/mol. The molecule has 0 atom stereocenters. The van der Waals surface area contributed by atoms with Gasteiger partial charge in [-0.2, -0.15) is 0 Å². The molecule has 0 saturated carbocycles. The van der Waals surface area contributed by atoms with Gasteiger partial charge in [-0.3, -0.25) is 10.1 Å². The number of nitrogens with one attached hydrogen (secondary N) is 1. The zero-order chi connectivity index (χ0) is 16.4. The van der Waals surface area contributed by atoms with Crippen molar-refractivity contribution < 1.29 is 9.59 Å². The minimum atomic E-state index is -0.736. The van der Waals surface area contributed by atoms with Gasteiger partial charge in [-0.25, -0.2) is 9.78 Å². The molecule has 3 aromatic rings. The first-order valence-corrected chi connectivity index (χ1v) is 8.29. The number of amides is 3. The Hall–Kier alpha value is -2.71. The first-order valence-electron chi connectivity index (χ1n) is 6.53. The highest BCUT2D eigenvalue weighted by Gasteiger charge is 2.16. The topological polar surface area (TPSA) is 111 Å². The Morgan fingerprint density at radius 3 is 2.35 bits per heavy atom. The number of carbonyl (C=O) groups excluding carboxylic acids is 2. The molecule has 0 aliphatic heterocycles. The molecule has 0 aliphatic carbocycles. The van der Waals surface area contributed by atoms with Crippen LogP contribution in [0.15, 0.2) is 41.2 Å². The van der Waals surface area contributed by atoms with Gasteiger partial charge in [0.15, 0.2) is 0 Å². The van der Waals surface area contributed by atoms with E-state index in [1.807, 2.05) is 29.6 Å². The van der Waals surface area contributed by atoms with Crippen LogP contribution in [-0.4, -0.2) is 16.9 Å². The van der Waals surface area contributed by atoms with Crippen molar-refractivity contribution in [2.75, 3.05) is 5.32 Å². The van der Waals surface area contributed by atoms with E-state index >= 15 is 0 Å². The summed E-state index contributed by atoms with van der Waals surface area (Å²) in [5.74, 6) is -0.615. The molecule has 3 amide bonds. The average Bonchev–Trinajstić information content (AvgIpc) is 3.16. The Bertz CT molecular complexity index is 854. The van der Waals surface area contributed by atoms with Gasteiger partial charge in [0, 0.05) is 15.8 Å². The van der Waals surface area contributed by atoms with Crippen molar-refractivity contribution >= 4 is 39.6 Å². The fourth-order valence-corrected chi connectivity index (χ4v) is 3.71. The Morgan fingerprint density at radius 2 is 1.78 bits per heavy atom. The second kappa shape index (κ2) is 6.19. The molecule has 3 rings (SSSR count). The number of aromatic nitrogens is 1. The number of thiazole rings is 1. The molecule has 1 aromatic carbocycles. The molecule has 0 bridgehead atoms. The van der Waals surface area contributed by atoms with Crippen molar-refractivity contribution in [1.82, 2.24) is 4.98 Å². The third kappa shape index (κ3) is 3.22. The van der Waals surface area contributed by atoms with E-state index in [0.29, 0.717) is 5.00 Å². The number of primary amides is 2. The van der Waals surface area contributed by atoms with E-state index in [-0.39, 0.29) is 5.56 Å². The van der Waals surface area contributed by atoms with Crippen molar-refractivity contribution in [2.45, 2.75) is 0 Å². The normalized spacial score (nSPS) is 10.4. The van der Waals surface area contributed by atoms with Crippen molar-refractivity contribution in [3.8, 4) is 21.7 Å². The summed E-state index contributed by atoms with van der Waals surface area (Å²) in [6, 6.07) is 8.68. The number of hydrogen-bond acceptors (Lipinski definition) is 5. The molecule has 2 heterocycles. The molecule has 6 nitrogen and oxygen atoms in total. The van der Waals surface area contributed by atoms with Gasteiger partial charge in [-0.15, -0.1) is 22.7 Å². The number of rotatable bonds is 4. The Morgan fingerprint density at radius 1 is 1.09 bits per heavy atom. The molecule has 8 heteroatoms. The molecular weight excluding hydrogens is 332 g/mol. The average molecular weight is 344 g/mol. The summed E-state index contributed by atoms with van der Waals surface area (Å²) in [6.45, 7) is 0. The summed E-state index contributed by atoms with van der Waals surface area (Å²) in [6.07, 6.45) is 0. The molecule has 0 spiro atoms. The maximum absolute atomic E-state index is 11.5. The van der Waals surface area contributed by atoms with E-state index in [1.165, 1.54) is 22.7 Å². The van der Waals surface area contributed by atoms with E-state index in [4.69, 9.17) is 11.5 Å². The highest BCUT2D eigenvalue weighted by molar-refractivity contribution is 7.20. The molecule has 5 N–H and O–H groups in total. The van der Waals surface area contributed by atoms with Crippen LogP contribution in [-0.2, 0) is 0 Å². The van der Waals surface area contributed by atoms with Crippen molar-refractivity contribution in [3.63, 3.8) is 0 Å². The summed E-state index contributed by atoms with van der Waals surface area (Å²) < 4.78 is 0. The van der Waals surface area contributed by atoms with Gasteiger partial charge >= 0.3 is 6.03 Å². The molecule has 0 saturated heterocycles. The van der Waals surface area contributed by atoms with Crippen LogP contribution in [0.5, 0.6) is 0 Å². The van der Waals surface area contributed by atoms with Crippen LogP contribution in [0, 0.1) is 0 Å². The molecule has 0 fully saturated rings. The van der Waals surface area contributed by atoms with E-state index in [2.05, 4.69) is 10.3 Å². The number of hydrogen-bond donors (Lipinski definition) is 3. The zero-order valence-corrected chi connectivity index (χ0v) is 13.4. The maximum Gasteiger partial charge on any atom is 0.317 e. The molecule has 0 radical (unpaired) electrons. The molecule has 0 aliphatic rings. The number of benzene rings is 1. The van der Waals surface area contributed by atoms with Gasteiger partial charge in [0.2, 0.25) is 0 Å². The SMILES string of the molecule is NC(=O)Nc1sc(-c2ccc(-c3cscn3)cc2)cc1C(N)=O. The van der Waals surface area contributed by atoms with Crippen molar-refractivity contribution in [3.05, 3.63) is 46.8 Å². The number of anilines is 1. The minimum Gasteiger partial charge on any atom is -0.366 e. The van der Waals surface area contributed by atoms with Crippen LogP contribution < -0.4 is 16.8 Å². The van der Waals surface area contributed by atoms with Gasteiger partial charge in [-0.1, -0.05) is 24.3 Å². The van der Waals surface area contributed by atoms with Crippen LogP contribution in [0.2, 0.25) is 0 Å². The standard InChI is InChI=1S/C15H12N4O2S2/c16-13(20)10-5-12(23-14(10)19-15(17)21)9-3-1-8(2-4-9)11-6-22-7-18-11/h1-7H,(H2,16,20)(H3,17,19,21). The number of urea groups is 1. The van der Waals surface area contributed by atoms with Crippen molar-refractivity contribution in [1.29, 1.82) is 0 Å². The number of thiophene rings is 1. The molecule has 0 unspecified atom stereocenters. The second-order valence-electron chi connectivity index (χ2n) is 4.66. The van der Waals surface area contributed by atoms with E-state index < -0.39 is 11.9 Å². The van der Waals surface area contributed by atoms with E-state index in [1.54, 1.807) is 11.6 Å². The Labute approximate surface area is 139 Å². The Kier molecular flexibility index (Phi) is 4.09. The van der Waals surface area contributed by atoms with E-state index in [9.17, 15) is 9.59 Å². The number of nitrogens with zero attached hydrogens (tertiary/aromatic N) is 1. The van der Waals surface area contributed by atoms with Crippen LogP contribution in [0.1, 0.15) is 10.4 Å². The van der Waals surface area contributed by atoms with Crippen LogP contribution in [0.3, 0.4) is 0 Å². The van der Waals surface area contributed by atoms with E-state index in [0.717, 1.165) is 21.7 Å². The molecule has 23 heavy (non-hydrogen) atoms. The highest BCUT2D eigenvalue weighted by Crippen LogP contribution is 2.36. The fourth-order valence-electron chi connectivity index (χ4n) is 2.08. The third-order valence-corrected chi connectivity index (χ3v) is 4.82. The third-order valence-electron chi connectivity index (χ3n) is 3.13. The van der Waals surface area contributed by atoms with Gasteiger partial charge in [-0.05, 0) is 11.6 Å². The quantitative estimate of drug-likeness (QED) is 0.676. The summed E-state index contributed by atoms with van der Waals surface area (Å²) in [5, 5.41) is 4.75. The first kappa shape index (κ1) is 15.2. The summed E-state index contributed by atoms with van der Waals surface area (Å²) in [5.41, 5.74) is 15.3. The second-order valence-corrected chi connectivity index (χ2v) is 6.43. The summed E-state index contributed by atoms with van der Waals surface area (Å²) >= 11 is 2.78. The van der Waals surface area contributed by atoms with Crippen LogP contribution in [0.4, 0.5) is 9.80 Å². The largest absolute Gasteiger partial charge is 0.366 e. The summed E-state index contributed by atoms with van der Waals surface area (Å²) in [7, 11) is 0. The zero-order valence-electron chi connectivity index (χ0n) is 11.8. The molecular formula is C15H12N4O2S2. The predicted octanol–water partition coefficient (Wildman–Crippen LogP) is 3.13. The van der Waals surface area contributed by atoms with Gasteiger partial charge in [0.25, 0.3) is 5.91 Å². The maximum atomic E-state index is 11.5. The van der Waals surface area contributed by atoms with Gasteiger partial charge < -0.3 is 11.5 Å². The molecule has 2 aromatic heterocycles. The lowest BCUT2D eigenvalue weighted by atomic mass is 10.1. The van der Waals surface area contributed by atoms with Crippen molar-refractivity contribution in [2.24, 2.45) is 11.5 Å². The highest BCUT2D eigenvalue weighted by atomic mass is 32.1. The van der Waals surface area contributed by atoms with Crippen LogP contribution >= 0.6 is 22.7 Å². The summed E-state index contributed by atoms with van der Waals surface area (Å²) in [4.78, 5) is 27.6. The van der Waals surface area contributed by atoms with Gasteiger partial charge in [0.1, 0.15) is 5.00 Å². The molecule has 116 valence electrons. The number of carbonyl (C=O) groups is 2. The number of nitrogens with two attached hydrogens (primary N) is 2. The van der Waals surface area contributed by atoms with Crippen LogP contribution in [0.25, 0.3) is 21.7 Å². The lowest BCUT2D eigenvalue weighted by molar-refractivity contribution is 0.100. The van der Waals surface area contributed by atoms with Gasteiger partial charge in [0.05, 0.1) is 16.8 Å². The lowest BCUT2D eigenvalue weighted by Gasteiger charge is -2.00.